The molecule has 0 saturated heterocycles. The number of carbonyl (C=O) groups excluding carboxylic acids is 4. The van der Waals surface area contributed by atoms with Crippen LogP contribution in [0.15, 0.2) is 24.3 Å². The van der Waals surface area contributed by atoms with Crippen LogP contribution in [0.1, 0.15) is 60.6 Å². The highest BCUT2D eigenvalue weighted by Gasteiger charge is 2.26. The summed E-state index contributed by atoms with van der Waals surface area (Å²) in [5.41, 5.74) is 2.54. The third-order valence-electron chi connectivity index (χ3n) is 5.06. The van der Waals surface area contributed by atoms with Gasteiger partial charge < -0.3 is 15.4 Å². The minimum atomic E-state index is -0.963. The number of ketones is 1. The molecule has 0 aliphatic carbocycles. The van der Waals surface area contributed by atoms with Gasteiger partial charge in [-0.2, -0.15) is 0 Å². The van der Waals surface area contributed by atoms with Crippen LogP contribution in [0.5, 0.6) is 0 Å². The van der Waals surface area contributed by atoms with Crippen molar-refractivity contribution in [2.75, 3.05) is 11.9 Å². The normalized spacial score (nSPS) is 16.6. The Labute approximate surface area is 171 Å². The molecule has 150 valence electrons. The van der Waals surface area contributed by atoms with Crippen LogP contribution in [-0.4, -0.2) is 36.2 Å². The zero-order valence-electron chi connectivity index (χ0n) is 15.9. The highest BCUT2D eigenvalue weighted by atomic mass is 32.1. The van der Waals surface area contributed by atoms with Crippen molar-refractivity contribution in [2.45, 2.75) is 38.7 Å². The molecular formula is C21H20N2O5S. The smallest absolute Gasteiger partial charge is 0.349 e. The summed E-state index contributed by atoms with van der Waals surface area (Å²) in [6, 6.07) is 6.60. The molecule has 0 saturated carbocycles. The molecule has 0 bridgehead atoms. The molecule has 2 aromatic rings. The van der Waals surface area contributed by atoms with E-state index < -0.39 is 12.1 Å². The number of benzene rings is 1. The molecule has 1 aromatic heterocycles. The molecule has 2 amide bonds. The number of carbonyl (C=O) groups is 4. The SMILES string of the molecule is CC(OC(=O)c1cc2c(s1)CCCNC2=O)C(=O)c1ccc2c(c1)CCC(=O)N2. The van der Waals surface area contributed by atoms with E-state index in [0.717, 1.165) is 23.3 Å². The van der Waals surface area contributed by atoms with Gasteiger partial charge in [0, 0.05) is 29.1 Å². The first-order valence-electron chi connectivity index (χ1n) is 9.51. The summed E-state index contributed by atoms with van der Waals surface area (Å²) in [7, 11) is 0. The number of amides is 2. The Hall–Kier alpha value is -3.00. The molecule has 7 nitrogen and oxygen atoms in total. The van der Waals surface area contributed by atoms with Gasteiger partial charge in [0.2, 0.25) is 11.7 Å². The Kier molecular flexibility index (Phi) is 5.19. The number of ether oxygens (including phenoxy) is 1. The number of thiophene rings is 1. The molecule has 0 radical (unpaired) electrons. The molecule has 3 heterocycles. The number of nitrogens with one attached hydrogen (secondary N) is 2. The fourth-order valence-corrected chi connectivity index (χ4v) is 4.58. The first-order valence-corrected chi connectivity index (χ1v) is 10.3. The van der Waals surface area contributed by atoms with Gasteiger partial charge in [0.25, 0.3) is 5.91 Å². The van der Waals surface area contributed by atoms with Gasteiger partial charge in [-0.1, -0.05) is 0 Å². The van der Waals surface area contributed by atoms with Crippen LogP contribution in [-0.2, 0) is 22.4 Å². The summed E-state index contributed by atoms with van der Waals surface area (Å²) in [6.45, 7) is 2.16. The van der Waals surface area contributed by atoms with Crippen molar-refractivity contribution in [1.29, 1.82) is 0 Å². The largest absolute Gasteiger partial charge is 0.450 e. The van der Waals surface area contributed by atoms with E-state index in [4.69, 9.17) is 4.74 Å². The van der Waals surface area contributed by atoms with Crippen molar-refractivity contribution < 1.29 is 23.9 Å². The maximum Gasteiger partial charge on any atom is 0.349 e. The summed E-state index contributed by atoms with van der Waals surface area (Å²) in [5.74, 6) is -1.14. The lowest BCUT2D eigenvalue weighted by Gasteiger charge is -2.18. The standard InChI is InChI=1S/C21H20N2O5S/c1-11(19(25)13-4-6-15-12(9-13)5-7-18(24)23-15)28-21(27)17-10-14-16(29-17)3-2-8-22-20(14)26/h4,6,9-11H,2-3,5,7-8H2,1H3,(H,22,26)(H,23,24). The van der Waals surface area contributed by atoms with E-state index >= 15 is 0 Å². The predicted molar refractivity (Wildman–Crippen MR) is 108 cm³/mol. The Balaban J connectivity index is 1.46. The molecule has 29 heavy (non-hydrogen) atoms. The number of Topliss-reactive ketones (excluding diaryl/α,β-unsaturated/α-hetero) is 1. The van der Waals surface area contributed by atoms with Gasteiger partial charge in [0.15, 0.2) is 6.10 Å². The van der Waals surface area contributed by atoms with Crippen molar-refractivity contribution in [3.8, 4) is 0 Å². The number of hydrogen-bond donors (Lipinski definition) is 2. The van der Waals surface area contributed by atoms with Crippen molar-refractivity contribution in [3.63, 3.8) is 0 Å². The molecule has 4 rings (SSSR count). The minimum absolute atomic E-state index is 0.0399. The lowest BCUT2D eigenvalue weighted by Crippen LogP contribution is -2.25. The van der Waals surface area contributed by atoms with E-state index in [1.165, 1.54) is 18.3 Å². The molecule has 1 aromatic carbocycles. The second-order valence-electron chi connectivity index (χ2n) is 7.14. The van der Waals surface area contributed by atoms with E-state index in [1.54, 1.807) is 24.3 Å². The zero-order valence-corrected chi connectivity index (χ0v) is 16.7. The number of fused-ring (bicyclic) bond motifs is 2. The molecule has 2 aliphatic heterocycles. The molecule has 1 atom stereocenters. The van der Waals surface area contributed by atoms with Crippen LogP contribution in [0, 0.1) is 0 Å². The molecule has 2 N–H and O–H groups in total. The van der Waals surface area contributed by atoms with E-state index in [-0.39, 0.29) is 17.6 Å². The third kappa shape index (κ3) is 3.93. The maximum atomic E-state index is 12.7. The zero-order chi connectivity index (χ0) is 20.5. The Bertz CT molecular complexity index is 1030. The number of hydrogen-bond acceptors (Lipinski definition) is 6. The van der Waals surface area contributed by atoms with E-state index in [1.807, 2.05) is 0 Å². The highest BCUT2D eigenvalue weighted by Crippen LogP contribution is 2.27. The second-order valence-corrected chi connectivity index (χ2v) is 8.28. The number of aryl methyl sites for hydroxylation is 2. The van der Waals surface area contributed by atoms with E-state index in [9.17, 15) is 19.2 Å². The molecule has 8 heteroatoms. The summed E-state index contributed by atoms with van der Waals surface area (Å²) in [4.78, 5) is 50.0. The molecule has 1 unspecified atom stereocenters. The first-order chi connectivity index (χ1) is 13.9. The summed E-state index contributed by atoms with van der Waals surface area (Å²) in [6.07, 6.45) is 1.54. The van der Waals surface area contributed by atoms with Crippen LogP contribution in [0.2, 0.25) is 0 Å². The van der Waals surface area contributed by atoms with Crippen LogP contribution >= 0.6 is 11.3 Å². The number of esters is 1. The monoisotopic (exact) mass is 412 g/mol. The van der Waals surface area contributed by atoms with Crippen LogP contribution in [0.3, 0.4) is 0 Å². The predicted octanol–water partition coefficient (Wildman–Crippen LogP) is 2.74. The quantitative estimate of drug-likeness (QED) is 0.594. The Morgan fingerprint density at radius 3 is 2.79 bits per heavy atom. The number of rotatable bonds is 4. The molecule has 0 fully saturated rings. The van der Waals surface area contributed by atoms with Crippen LogP contribution in [0.4, 0.5) is 5.69 Å². The molecule has 0 spiro atoms. The van der Waals surface area contributed by atoms with Gasteiger partial charge in [0.1, 0.15) is 4.88 Å². The fourth-order valence-electron chi connectivity index (χ4n) is 3.50. The summed E-state index contributed by atoms with van der Waals surface area (Å²) >= 11 is 1.24. The van der Waals surface area contributed by atoms with Crippen molar-refractivity contribution in [1.82, 2.24) is 5.32 Å². The second kappa shape index (κ2) is 7.79. The van der Waals surface area contributed by atoms with Gasteiger partial charge >= 0.3 is 5.97 Å². The Morgan fingerprint density at radius 1 is 1.14 bits per heavy atom. The first kappa shape index (κ1) is 19.3. The molecule has 2 aliphatic rings. The van der Waals surface area contributed by atoms with Crippen molar-refractivity contribution in [2.24, 2.45) is 0 Å². The topological polar surface area (TPSA) is 102 Å². The van der Waals surface area contributed by atoms with Gasteiger partial charge in [-0.05, 0) is 56.0 Å². The fraction of sp³-hybridized carbons (Fsp3) is 0.333. The lowest BCUT2D eigenvalue weighted by molar-refractivity contribution is -0.116. The molecular weight excluding hydrogens is 392 g/mol. The van der Waals surface area contributed by atoms with Crippen LogP contribution < -0.4 is 10.6 Å². The third-order valence-corrected chi connectivity index (χ3v) is 6.23. The number of anilines is 1. The summed E-state index contributed by atoms with van der Waals surface area (Å²) in [5, 5.41) is 5.57. The Morgan fingerprint density at radius 2 is 1.97 bits per heavy atom. The van der Waals surface area contributed by atoms with Crippen molar-refractivity contribution in [3.05, 3.63) is 50.7 Å². The van der Waals surface area contributed by atoms with Gasteiger partial charge in [-0.15, -0.1) is 11.3 Å². The van der Waals surface area contributed by atoms with Gasteiger partial charge in [-0.25, -0.2) is 4.79 Å². The highest BCUT2D eigenvalue weighted by molar-refractivity contribution is 7.14. The summed E-state index contributed by atoms with van der Waals surface area (Å²) < 4.78 is 5.38. The average molecular weight is 412 g/mol. The average Bonchev–Trinajstić information content (AvgIpc) is 3.07. The van der Waals surface area contributed by atoms with E-state index in [2.05, 4.69) is 10.6 Å². The van der Waals surface area contributed by atoms with Crippen molar-refractivity contribution >= 4 is 40.6 Å². The van der Waals surface area contributed by atoms with Gasteiger partial charge in [0.05, 0.1) is 5.56 Å². The van der Waals surface area contributed by atoms with Gasteiger partial charge in [-0.3, -0.25) is 14.4 Å². The maximum absolute atomic E-state index is 12.7. The lowest BCUT2D eigenvalue weighted by atomic mass is 9.97. The van der Waals surface area contributed by atoms with E-state index in [0.29, 0.717) is 41.1 Å². The van der Waals surface area contributed by atoms with Crippen LogP contribution in [0.25, 0.3) is 0 Å². The minimum Gasteiger partial charge on any atom is -0.450 e.